The Morgan fingerprint density at radius 1 is 1.03 bits per heavy atom. The Kier molecular flexibility index (Phi) is 6.79. The minimum atomic E-state index is 0.239. The number of hydrogen-bond acceptors (Lipinski definition) is 5. The van der Waals surface area contributed by atoms with Crippen molar-refractivity contribution in [3.8, 4) is 5.69 Å². The predicted molar refractivity (Wildman–Crippen MR) is 135 cm³/mol. The van der Waals surface area contributed by atoms with Crippen molar-refractivity contribution in [3.05, 3.63) is 42.4 Å². The van der Waals surface area contributed by atoms with Gasteiger partial charge in [-0.2, -0.15) is 5.10 Å². The number of carbonyl (C=O) groups is 1. The van der Waals surface area contributed by atoms with Crippen molar-refractivity contribution >= 4 is 22.8 Å². The Hall–Kier alpha value is -2.96. The third-order valence-corrected chi connectivity index (χ3v) is 7.40. The lowest BCUT2D eigenvalue weighted by Gasteiger charge is -2.25. The van der Waals surface area contributed by atoms with Gasteiger partial charge < -0.3 is 9.80 Å². The molecule has 3 heterocycles. The number of benzene rings is 1. The lowest BCUT2D eigenvalue weighted by atomic mass is 10.1. The Bertz CT molecular complexity index is 1120. The van der Waals surface area contributed by atoms with Crippen molar-refractivity contribution in [2.75, 3.05) is 31.1 Å². The number of fused-ring (bicyclic) bond motifs is 1. The number of carbonyl (C=O) groups excluding carboxylic acids is 1. The zero-order chi connectivity index (χ0) is 23.5. The van der Waals surface area contributed by atoms with Gasteiger partial charge in [-0.25, -0.2) is 14.6 Å². The smallest absolute Gasteiger partial charge is 0.225 e. The van der Waals surface area contributed by atoms with E-state index in [2.05, 4.69) is 35.8 Å². The minimum Gasteiger partial charge on any atom is -0.354 e. The third kappa shape index (κ3) is 4.52. The molecule has 1 aromatic carbocycles. The fraction of sp³-hybridized carbons (Fsp3) is 0.556. The summed E-state index contributed by atoms with van der Waals surface area (Å²) in [5.41, 5.74) is 1.86. The summed E-state index contributed by atoms with van der Waals surface area (Å²) in [5, 5.41) is 5.69. The summed E-state index contributed by atoms with van der Waals surface area (Å²) in [6.45, 7) is 7.69. The van der Waals surface area contributed by atoms with Crippen LogP contribution in [0.25, 0.3) is 16.7 Å². The summed E-state index contributed by atoms with van der Waals surface area (Å²) in [5.74, 6) is 2.72. The quantitative estimate of drug-likeness (QED) is 0.521. The van der Waals surface area contributed by atoms with E-state index in [0.717, 1.165) is 86.6 Å². The van der Waals surface area contributed by atoms with Gasteiger partial charge >= 0.3 is 0 Å². The molecule has 1 saturated carbocycles. The van der Waals surface area contributed by atoms with Gasteiger partial charge in [-0.3, -0.25) is 4.79 Å². The van der Waals surface area contributed by atoms with Crippen LogP contribution in [0.2, 0.25) is 0 Å². The molecule has 0 N–H and O–H groups in total. The maximum atomic E-state index is 13.1. The highest BCUT2D eigenvalue weighted by atomic mass is 16.2. The molecule has 7 heteroatoms. The van der Waals surface area contributed by atoms with Crippen molar-refractivity contribution in [2.24, 2.45) is 5.92 Å². The zero-order valence-corrected chi connectivity index (χ0v) is 20.5. The second-order valence-electron chi connectivity index (χ2n) is 9.87. The molecule has 34 heavy (non-hydrogen) atoms. The van der Waals surface area contributed by atoms with Gasteiger partial charge in [-0.15, -0.1) is 0 Å². The molecule has 1 aliphatic carbocycles. The van der Waals surface area contributed by atoms with Gasteiger partial charge in [0.05, 0.1) is 17.3 Å². The molecule has 2 aromatic heterocycles. The Balaban J connectivity index is 1.48. The van der Waals surface area contributed by atoms with E-state index in [1.165, 1.54) is 12.8 Å². The molecule has 2 aliphatic rings. The van der Waals surface area contributed by atoms with Crippen molar-refractivity contribution in [1.82, 2.24) is 24.6 Å². The van der Waals surface area contributed by atoms with Gasteiger partial charge in [0.2, 0.25) is 5.91 Å². The summed E-state index contributed by atoms with van der Waals surface area (Å²) >= 11 is 0. The molecule has 180 valence electrons. The van der Waals surface area contributed by atoms with Crippen LogP contribution in [0.5, 0.6) is 0 Å². The van der Waals surface area contributed by atoms with Crippen LogP contribution in [0.1, 0.15) is 70.5 Å². The minimum absolute atomic E-state index is 0.239. The van der Waals surface area contributed by atoms with E-state index in [-0.39, 0.29) is 11.8 Å². The summed E-state index contributed by atoms with van der Waals surface area (Å²) in [6.07, 6.45) is 9.51. The highest BCUT2D eigenvalue weighted by Crippen LogP contribution is 2.31. The van der Waals surface area contributed by atoms with Crippen molar-refractivity contribution in [3.63, 3.8) is 0 Å². The zero-order valence-electron chi connectivity index (χ0n) is 20.5. The molecule has 7 nitrogen and oxygen atoms in total. The first-order valence-electron chi connectivity index (χ1n) is 13.0. The van der Waals surface area contributed by atoms with Crippen LogP contribution in [0, 0.1) is 5.92 Å². The number of rotatable bonds is 6. The molecule has 1 amide bonds. The van der Waals surface area contributed by atoms with Gasteiger partial charge in [0.15, 0.2) is 5.65 Å². The van der Waals surface area contributed by atoms with E-state index in [1.54, 1.807) is 0 Å². The SMILES string of the molecule is CCCC(C)c1nc(N2CCCN(C(=O)C3CCCC3)CC2)c2cnn(-c3ccccc3)c2n1. The normalized spacial score (nSPS) is 18.4. The number of aromatic nitrogens is 4. The predicted octanol–water partition coefficient (Wildman–Crippen LogP) is 4.95. The van der Waals surface area contributed by atoms with Crippen LogP contribution < -0.4 is 4.90 Å². The second-order valence-corrected chi connectivity index (χ2v) is 9.87. The van der Waals surface area contributed by atoms with Crippen LogP contribution >= 0.6 is 0 Å². The molecule has 0 radical (unpaired) electrons. The van der Waals surface area contributed by atoms with Crippen LogP contribution in [-0.4, -0.2) is 56.7 Å². The highest BCUT2D eigenvalue weighted by molar-refractivity contribution is 5.88. The number of amides is 1. The molecular weight excluding hydrogens is 424 g/mol. The summed E-state index contributed by atoms with van der Waals surface area (Å²) in [7, 11) is 0. The number of hydrogen-bond donors (Lipinski definition) is 0. The second kappa shape index (κ2) is 10.1. The van der Waals surface area contributed by atoms with Gasteiger partial charge in [-0.05, 0) is 37.8 Å². The van der Waals surface area contributed by atoms with E-state index >= 15 is 0 Å². The highest BCUT2D eigenvalue weighted by Gasteiger charge is 2.29. The standard InChI is InChI=1S/C27H36N6O/c1-3-10-20(2)24-29-25(23-19-28-33(26(23)30-24)22-13-5-4-6-14-22)31-15-9-16-32(18-17-31)27(34)21-11-7-8-12-21/h4-6,13-14,19-21H,3,7-12,15-18H2,1-2H3. The molecule has 1 aliphatic heterocycles. The molecule has 1 saturated heterocycles. The molecule has 5 rings (SSSR count). The molecule has 1 unspecified atom stereocenters. The Labute approximate surface area is 202 Å². The van der Waals surface area contributed by atoms with Gasteiger partial charge in [0.25, 0.3) is 0 Å². The fourth-order valence-electron chi connectivity index (χ4n) is 5.47. The number of nitrogens with zero attached hydrogens (tertiary/aromatic N) is 6. The molecule has 0 bridgehead atoms. The molecule has 2 fully saturated rings. The molecular formula is C27H36N6O. The lowest BCUT2D eigenvalue weighted by Crippen LogP contribution is -2.38. The third-order valence-electron chi connectivity index (χ3n) is 7.40. The topological polar surface area (TPSA) is 67.2 Å². The summed E-state index contributed by atoms with van der Waals surface area (Å²) < 4.78 is 1.93. The largest absolute Gasteiger partial charge is 0.354 e. The maximum absolute atomic E-state index is 13.1. The average Bonchev–Trinajstić information content (AvgIpc) is 3.49. The van der Waals surface area contributed by atoms with Gasteiger partial charge in [0, 0.05) is 38.0 Å². The average molecular weight is 461 g/mol. The van der Waals surface area contributed by atoms with E-state index in [0.29, 0.717) is 5.91 Å². The Morgan fingerprint density at radius 3 is 2.59 bits per heavy atom. The van der Waals surface area contributed by atoms with Crippen LogP contribution in [0.3, 0.4) is 0 Å². The van der Waals surface area contributed by atoms with Crippen molar-refractivity contribution in [2.45, 2.75) is 64.7 Å². The first-order chi connectivity index (χ1) is 16.7. The molecule has 1 atom stereocenters. The van der Waals surface area contributed by atoms with Crippen molar-refractivity contribution in [1.29, 1.82) is 0 Å². The maximum Gasteiger partial charge on any atom is 0.225 e. The number of anilines is 1. The van der Waals surface area contributed by atoms with E-state index in [9.17, 15) is 4.79 Å². The Morgan fingerprint density at radius 2 is 1.82 bits per heavy atom. The number of para-hydroxylation sites is 1. The molecule has 0 spiro atoms. The van der Waals surface area contributed by atoms with Gasteiger partial charge in [-0.1, -0.05) is 51.3 Å². The van der Waals surface area contributed by atoms with Gasteiger partial charge in [0.1, 0.15) is 11.6 Å². The van der Waals surface area contributed by atoms with Crippen LogP contribution in [0.4, 0.5) is 5.82 Å². The lowest BCUT2D eigenvalue weighted by molar-refractivity contribution is -0.135. The first-order valence-corrected chi connectivity index (χ1v) is 13.0. The van der Waals surface area contributed by atoms with E-state index in [1.807, 2.05) is 29.1 Å². The van der Waals surface area contributed by atoms with E-state index in [4.69, 9.17) is 15.1 Å². The fourth-order valence-corrected chi connectivity index (χ4v) is 5.47. The van der Waals surface area contributed by atoms with Crippen molar-refractivity contribution < 1.29 is 4.79 Å². The van der Waals surface area contributed by atoms with Crippen LogP contribution in [0.15, 0.2) is 36.5 Å². The monoisotopic (exact) mass is 460 g/mol. The summed E-state index contributed by atoms with van der Waals surface area (Å²) in [4.78, 5) is 27.6. The molecule has 3 aromatic rings. The summed E-state index contributed by atoms with van der Waals surface area (Å²) in [6, 6.07) is 10.2. The first kappa shape index (κ1) is 22.8. The van der Waals surface area contributed by atoms with E-state index < -0.39 is 0 Å². The van der Waals surface area contributed by atoms with Crippen LogP contribution in [-0.2, 0) is 4.79 Å².